The summed E-state index contributed by atoms with van der Waals surface area (Å²) in [6, 6.07) is 0. The Morgan fingerprint density at radius 1 is 1.58 bits per heavy atom. The van der Waals surface area contributed by atoms with Crippen LogP contribution in [0.5, 0.6) is 0 Å². The van der Waals surface area contributed by atoms with E-state index in [0.717, 1.165) is 6.54 Å². The number of ether oxygens (including phenoxy) is 1. The van der Waals surface area contributed by atoms with E-state index in [9.17, 15) is 4.79 Å². The predicted octanol–water partition coefficient (Wildman–Crippen LogP) is 2.25. The van der Waals surface area contributed by atoms with Crippen LogP contribution in [0.2, 0.25) is 0 Å². The van der Waals surface area contributed by atoms with E-state index in [4.69, 9.17) is 4.74 Å². The highest BCUT2D eigenvalue weighted by Crippen LogP contribution is 2.30. The number of methoxy groups -OCH3 is 1. The van der Waals surface area contributed by atoms with E-state index < -0.39 is 0 Å². The third kappa shape index (κ3) is 3.79. The molecular weight excluding hydrogens is 310 g/mol. The van der Waals surface area contributed by atoms with Crippen molar-refractivity contribution in [3.8, 4) is 0 Å². The van der Waals surface area contributed by atoms with E-state index in [1.165, 1.54) is 17.5 Å². The van der Waals surface area contributed by atoms with Gasteiger partial charge in [0.2, 0.25) is 0 Å². The number of hydrogen-bond donors (Lipinski definition) is 1. The number of hydrogen-bond acceptors (Lipinski definition) is 4. The molecule has 1 aromatic heterocycles. The van der Waals surface area contributed by atoms with Crippen molar-refractivity contribution in [1.82, 2.24) is 9.78 Å². The highest BCUT2D eigenvalue weighted by molar-refractivity contribution is 9.10. The summed E-state index contributed by atoms with van der Waals surface area (Å²) >= 11 is 3.35. The summed E-state index contributed by atoms with van der Waals surface area (Å²) < 4.78 is 7.41. The summed E-state index contributed by atoms with van der Waals surface area (Å²) in [6.45, 7) is 5.29. The fourth-order valence-electron chi connectivity index (χ4n) is 1.64. The maximum Gasteiger partial charge on any atom is 0.283 e. The van der Waals surface area contributed by atoms with Gasteiger partial charge >= 0.3 is 0 Å². The van der Waals surface area contributed by atoms with Crippen molar-refractivity contribution >= 4 is 21.6 Å². The van der Waals surface area contributed by atoms with Gasteiger partial charge in [0.05, 0.1) is 17.5 Å². The Hall–Kier alpha value is -0.880. The average molecular weight is 330 g/mol. The summed E-state index contributed by atoms with van der Waals surface area (Å²) in [5.74, 6) is 0.628. The lowest BCUT2D eigenvalue weighted by Gasteiger charge is -2.24. The van der Waals surface area contributed by atoms with Gasteiger partial charge in [-0.3, -0.25) is 4.79 Å². The second kappa shape index (κ2) is 5.63. The Bertz CT molecular complexity index is 509. The Balaban J connectivity index is 2.09. The van der Waals surface area contributed by atoms with Gasteiger partial charge in [-0.2, -0.15) is 5.10 Å². The van der Waals surface area contributed by atoms with E-state index in [1.54, 1.807) is 13.3 Å². The van der Waals surface area contributed by atoms with Crippen LogP contribution in [0.1, 0.15) is 26.7 Å². The molecule has 5 nitrogen and oxygen atoms in total. The number of anilines is 1. The minimum Gasteiger partial charge on any atom is -0.380 e. The number of aromatic nitrogens is 2. The van der Waals surface area contributed by atoms with Crippen molar-refractivity contribution in [2.45, 2.75) is 38.8 Å². The Labute approximate surface area is 121 Å². The quantitative estimate of drug-likeness (QED) is 0.869. The van der Waals surface area contributed by atoms with Crippen molar-refractivity contribution in [2.24, 2.45) is 5.92 Å². The summed E-state index contributed by atoms with van der Waals surface area (Å²) in [4.78, 5) is 12.1. The molecule has 1 N–H and O–H groups in total. The molecule has 0 aromatic carbocycles. The molecule has 19 heavy (non-hydrogen) atoms. The van der Waals surface area contributed by atoms with Gasteiger partial charge in [-0.15, -0.1) is 0 Å². The molecule has 106 valence electrons. The maximum absolute atomic E-state index is 12.1. The third-order valence-corrected chi connectivity index (χ3v) is 4.14. The molecule has 1 heterocycles. The van der Waals surface area contributed by atoms with E-state index in [-0.39, 0.29) is 11.2 Å². The van der Waals surface area contributed by atoms with Gasteiger partial charge in [0.15, 0.2) is 0 Å². The minimum atomic E-state index is -0.289. The Morgan fingerprint density at radius 3 is 2.84 bits per heavy atom. The van der Waals surface area contributed by atoms with E-state index >= 15 is 0 Å². The standard InChI is InChI=1S/C13H20BrN3O2/c1-13(2,19-3)8-15-10-6-16-17(7-9-4-5-9)12(18)11(10)14/h6,9,15H,4-5,7-8H2,1-3H3. The maximum atomic E-state index is 12.1. The molecule has 0 bridgehead atoms. The third-order valence-electron chi connectivity index (χ3n) is 3.37. The molecule has 0 radical (unpaired) electrons. The monoisotopic (exact) mass is 329 g/mol. The van der Waals surface area contributed by atoms with Crippen LogP contribution in [0.25, 0.3) is 0 Å². The smallest absolute Gasteiger partial charge is 0.283 e. The van der Waals surface area contributed by atoms with Gasteiger partial charge in [-0.05, 0) is 48.5 Å². The van der Waals surface area contributed by atoms with Crippen LogP contribution in [0, 0.1) is 5.92 Å². The first-order chi connectivity index (χ1) is 8.93. The zero-order chi connectivity index (χ0) is 14.0. The molecule has 0 saturated heterocycles. The van der Waals surface area contributed by atoms with Gasteiger partial charge in [-0.1, -0.05) is 0 Å². The highest BCUT2D eigenvalue weighted by Gasteiger charge is 2.23. The predicted molar refractivity (Wildman–Crippen MR) is 78.5 cm³/mol. The summed E-state index contributed by atoms with van der Waals surface area (Å²) in [5.41, 5.74) is 0.344. The molecule has 1 aromatic rings. The van der Waals surface area contributed by atoms with Crippen molar-refractivity contribution in [3.05, 3.63) is 21.0 Å². The van der Waals surface area contributed by atoms with Crippen LogP contribution in [-0.4, -0.2) is 29.0 Å². The summed E-state index contributed by atoms with van der Waals surface area (Å²) in [6.07, 6.45) is 4.10. The molecule has 0 atom stereocenters. The van der Waals surface area contributed by atoms with Crippen LogP contribution in [0.3, 0.4) is 0 Å². The van der Waals surface area contributed by atoms with E-state index in [1.807, 2.05) is 13.8 Å². The molecule has 0 aliphatic heterocycles. The molecule has 2 rings (SSSR count). The van der Waals surface area contributed by atoms with E-state index in [0.29, 0.717) is 22.6 Å². The molecule has 1 fully saturated rings. The Morgan fingerprint density at radius 2 is 2.26 bits per heavy atom. The van der Waals surface area contributed by atoms with Gasteiger partial charge < -0.3 is 10.1 Å². The summed E-state index contributed by atoms with van der Waals surface area (Å²) in [5, 5.41) is 7.41. The lowest BCUT2D eigenvalue weighted by molar-refractivity contribution is 0.0343. The van der Waals surface area contributed by atoms with Gasteiger partial charge in [0.25, 0.3) is 5.56 Å². The van der Waals surface area contributed by atoms with Gasteiger partial charge in [-0.25, -0.2) is 4.68 Å². The molecule has 6 heteroatoms. The number of nitrogens with zero attached hydrogens (tertiary/aromatic N) is 2. The second-order valence-corrected chi connectivity index (χ2v) is 6.41. The molecular formula is C13H20BrN3O2. The molecule has 1 saturated carbocycles. The van der Waals surface area contributed by atoms with Crippen molar-refractivity contribution < 1.29 is 4.74 Å². The second-order valence-electron chi connectivity index (χ2n) is 5.62. The number of rotatable bonds is 6. The van der Waals surface area contributed by atoms with Crippen LogP contribution in [0.4, 0.5) is 5.69 Å². The van der Waals surface area contributed by atoms with Crippen molar-refractivity contribution in [3.63, 3.8) is 0 Å². The Kier molecular flexibility index (Phi) is 4.30. The van der Waals surface area contributed by atoms with Crippen LogP contribution in [0.15, 0.2) is 15.5 Å². The van der Waals surface area contributed by atoms with Crippen molar-refractivity contribution in [2.75, 3.05) is 19.0 Å². The fourth-order valence-corrected chi connectivity index (χ4v) is 2.09. The SMILES string of the molecule is COC(C)(C)CNc1cnn(CC2CC2)c(=O)c1Br. The zero-order valence-corrected chi connectivity index (χ0v) is 13.2. The molecule has 0 spiro atoms. The normalized spacial score (nSPS) is 15.6. The molecule has 0 unspecified atom stereocenters. The fraction of sp³-hybridized carbons (Fsp3) is 0.692. The van der Waals surface area contributed by atoms with Crippen LogP contribution in [-0.2, 0) is 11.3 Å². The average Bonchev–Trinajstić information content (AvgIpc) is 3.18. The lowest BCUT2D eigenvalue weighted by atomic mass is 10.1. The first-order valence-electron chi connectivity index (χ1n) is 6.47. The molecule has 0 amide bonds. The lowest BCUT2D eigenvalue weighted by Crippen LogP contribution is -2.33. The molecule has 1 aliphatic rings. The van der Waals surface area contributed by atoms with Gasteiger partial charge in [0, 0.05) is 20.2 Å². The minimum absolute atomic E-state index is 0.0767. The van der Waals surface area contributed by atoms with Crippen molar-refractivity contribution in [1.29, 1.82) is 0 Å². The molecule has 1 aliphatic carbocycles. The number of nitrogens with one attached hydrogen (secondary N) is 1. The van der Waals surface area contributed by atoms with Crippen LogP contribution < -0.4 is 10.9 Å². The first kappa shape index (κ1) is 14.5. The topological polar surface area (TPSA) is 56.1 Å². The number of halogens is 1. The first-order valence-corrected chi connectivity index (χ1v) is 7.27. The zero-order valence-electron chi connectivity index (χ0n) is 11.6. The van der Waals surface area contributed by atoms with Gasteiger partial charge in [0.1, 0.15) is 4.47 Å². The largest absolute Gasteiger partial charge is 0.380 e. The summed E-state index contributed by atoms with van der Waals surface area (Å²) in [7, 11) is 1.67. The van der Waals surface area contributed by atoms with Crippen LogP contribution >= 0.6 is 15.9 Å². The van der Waals surface area contributed by atoms with E-state index in [2.05, 4.69) is 26.3 Å². The highest BCUT2D eigenvalue weighted by atomic mass is 79.9.